The van der Waals surface area contributed by atoms with E-state index < -0.39 is 0 Å². The summed E-state index contributed by atoms with van der Waals surface area (Å²) in [6, 6.07) is 12.9. The van der Waals surface area contributed by atoms with Crippen molar-refractivity contribution in [3.63, 3.8) is 0 Å². The van der Waals surface area contributed by atoms with Gasteiger partial charge in [-0.05, 0) is 24.6 Å². The number of aromatic nitrogens is 2. The van der Waals surface area contributed by atoms with Gasteiger partial charge in [0.1, 0.15) is 6.33 Å². The van der Waals surface area contributed by atoms with Crippen LogP contribution < -0.4 is 5.32 Å². The second-order valence-corrected chi connectivity index (χ2v) is 5.04. The predicted molar refractivity (Wildman–Crippen MR) is 78.1 cm³/mol. The van der Waals surface area contributed by atoms with Crippen molar-refractivity contribution < 1.29 is 0 Å². The Morgan fingerprint density at radius 1 is 1.11 bits per heavy atom. The van der Waals surface area contributed by atoms with Gasteiger partial charge in [0.15, 0.2) is 0 Å². The van der Waals surface area contributed by atoms with Gasteiger partial charge in [-0.2, -0.15) is 0 Å². The van der Waals surface area contributed by atoms with E-state index in [1.807, 2.05) is 13.1 Å². The van der Waals surface area contributed by atoms with Crippen molar-refractivity contribution in [3.8, 4) is 0 Å². The van der Waals surface area contributed by atoms with Gasteiger partial charge in [0, 0.05) is 23.9 Å². The van der Waals surface area contributed by atoms with Crippen molar-refractivity contribution in [2.75, 3.05) is 7.05 Å². The maximum atomic E-state index is 4.38. The number of hydrogen-bond acceptors (Lipinski definition) is 3. The molecule has 100 valence electrons. The SMILES string of the molecule is CNC(Cc1cc(C(C)C)ncn1)c1ccccc1. The number of hydrogen-bond donors (Lipinski definition) is 1. The molecule has 0 spiro atoms. The summed E-state index contributed by atoms with van der Waals surface area (Å²) in [4.78, 5) is 8.70. The Balaban J connectivity index is 2.17. The highest BCUT2D eigenvalue weighted by Gasteiger charge is 2.11. The molecule has 0 aliphatic carbocycles. The summed E-state index contributed by atoms with van der Waals surface area (Å²) in [7, 11) is 1.99. The van der Waals surface area contributed by atoms with Crippen LogP contribution in [-0.2, 0) is 6.42 Å². The zero-order valence-corrected chi connectivity index (χ0v) is 11.8. The van der Waals surface area contributed by atoms with Crippen LogP contribution in [-0.4, -0.2) is 17.0 Å². The summed E-state index contributed by atoms with van der Waals surface area (Å²) in [6.07, 6.45) is 2.55. The highest BCUT2D eigenvalue weighted by molar-refractivity contribution is 5.21. The van der Waals surface area contributed by atoms with E-state index in [0.29, 0.717) is 5.92 Å². The number of benzene rings is 1. The Kier molecular flexibility index (Phi) is 4.63. The van der Waals surface area contributed by atoms with Gasteiger partial charge in [0.25, 0.3) is 0 Å². The minimum Gasteiger partial charge on any atom is -0.313 e. The maximum absolute atomic E-state index is 4.38. The van der Waals surface area contributed by atoms with Gasteiger partial charge in [-0.3, -0.25) is 0 Å². The molecule has 0 fully saturated rings. The topological polar surface area (TPSA) is 37.8 Å². The van der Waals surface area contributed by atoms with Crippen LogP contribution in [0.4, 0.5) is 0 Å². The molecule has 19 heavy (non-hydrogen) atoms. The van der Waals surface area contributed by atoms with Crippen LogP contribution in [0.1, 0.15) is 42.8 Å². The van der Waals surface area contributed by atoms with Crippen molar-refractivity contribution in [1.82, 2.24) is 15.3 Å². The van der Waals surface area contributed by atoms with Gasteiger partial charge < -0.3 is 5.32 Å². The standard InChI is InChI=1S/C16H21N3/c1-12(2)15-9-14(18-11-19-15)10-16(17-3)13-7-5-4-6-8-13/h4-9,11-12,16-17H,10H2,1-3H3. The molecule has 3 heteroatoms. The number of likely N-dealkylation sites (N-methyl/N-ethyl adjacent to an activating group) is 1. The molecular formula is C16H21N3. The normalized spacial score (nSPS) is 12.6. The lowest BCUT2D eigenvalue weighted by atomic mass is 10.0. The van der Waals surface area contributed by atoms with E-state index in [0.717, 1.165) is 17.8 Å². The molecule has 1 aromatic heterocycles. The highest BCUT2D eigenvalue weighted by atomic mass is 14.9. The second kappa shape index (κ2) is 6.43. The van der Waals surface area contributed by atoms with E-state index in [1.165, 1.54) is 5.56 Å². The van der Waals surface area contributed by atoms with Gasteiger partial charge in [-0.15, -0.1) is 0 Å². The van der Waals surface area contributed by atoms with Crippen LogP contribution in [0.25, 0.3) is 0 Å². The fourth-order valence-electron chi connectivity index (χ4n) is 2.12. The van der Waals surface area contributed by atoms with E-state index in [9.17, 15) is 0 Å². The fourth-order valence-corrected chi connectivity index (χ4v) is 2.12. The van der Waals surface area contributed by atoms with Crippen LogP contribution in [0, 0.1) is 0 Å². The summed E-state index contributed by atoms with van der Waals surface area (Å²) >= 11 is 0. The van der Waals surface area contributed by atoms with E-state index in [4.69, 9.17) is 0 Å². The minimum atomic E-state index is 0.288. The molecule has 0 saturated heterocycles. The van der Waals surface area contributed by atoms with Gasteiger partial charge >= 0.3 is 0 Å². The van der Waals surface area contributed by atoms with Crippen molar-refractivity contribution in [3.05, 3.63) is 59.7 Å². The average molecular weight is 255 g/mol. The summed E-state index contributed by atoms with van der Waals surface area (Å²) in [5.41, 5.74) is 3.48. The van der Waals surface area contributed by atoms with E-state index in [1.54, 1.807) is 6.33 Å². The fraction of sp³-hybridized carbons (Fsp3) is 0.375. The van der Waals surface area contributed by atoms with E-state index >= 15 is 0 Å². The predicted octanol–water partition coefficient (Wildman–Crippen LogP) is 3.10. The maximum Gasteiger partial charge on any atom is 0.115 e. The molecule has 0 aliphatic heterocycles. The van der Waals surface area contributed by atoms with Crippen molar-refractivity contribution >= 4 is 0 Å². The Morgan fingerprint density at radius 3 is 2.47 bits per heavy atom. The summed E-state index contributed by atoms with van der Waals surface area (Å²) in [5.74, 6) is 0.437. The molecular weight excluding hydrogens is 234 g/mol. The van der Waals surface area contributed by atoms with Crippen LogP contribution in [0.3, 0.4) is 0 Å². The van der Waals surface area contributed by atoms with Crippen LogP contribution in [0.2, 0.25) is 0 Å². The van der Waals surface area contributed by atoms with Crippen LogP contribution in [0.15, 0.2) is 42.7 Å². The molecule has 1 atom stereocenters. The van der Waals surface area contributed by atoms with Crippen molar-refractivity contribution in [1.29, 1.82) is 0 Å². The van der Waals surface area contributed by atoms with E-state index in [-0.39, 0.29) is 6.04 Å². The second-order valence-electron chi connectivity index (χ2n) is 5.04. The Morgan fingerprint density at radius 2 is 1.84 bits per heavy atom. The third-order valence-corrected chi connectivity index (χ3v) is 3.30. The lowest BCUT2D eigenvalue weighted by Crippen LogP contribution is -2.19. The molecule has 0 aliphatic rings. The van der Waals surface area contributed by atoms with Crippen LogP contribution in [0.5, 0.6) is 0 Å². The third-order valence-electron chi connectivity index (χ3n) is 3.30. The van der Waals surface area contributed by atoms with E-state index in [2.05, 4.69) is 59.5 Å². The molecule has 1 unspecified atom stereocenters. The zero-order valence-electron chi connectivity index (χ0n) is 11.8. The third kappa shape index (κ3) is 3.61. The smallest absolute Gasteiger partial charge is 0.115 e. The number of rotatable bonds is 5. The largest absolute Gasteiger partial charge is 0.313 e. The first-order valence-corrected chi connectivity index (χ1v) is 6.73. The summed E-state index contributed by atoms with van der Waals surface area (Å²) in [5, 5.41) is 3.36. The lowest BCUT2D eigenvalue weighted by Gasteiger charge is -2.16. The van der Waals surface area contributed by atoms with Crippen molar-refractivity contribution in [2.45, 2.75) is 32.2 Å². The molecule has 2 rings (SSSR count). The molecule has 0 radical (unpaired) electrons. The molecule has 1 N–H and O–H groups in total. The molecule has 0 bridgehead atoms. The Labute approximate surface area is 115 Å². The molecule has 2 aromatic rings. The average Bonchev–Trinajstić information content (AvgIpc) is 2.46. The van der Waals surface area contributed by atoms with Crippen LogP contribution >= 0.6 is 0 Å². The van der Waals surface area contributed by atoms with Gasteiger partial charge in [0.05, 0.1) is 0 Å². The van der Waals surface area contributed by atoms with Crippen molar-refractivity contribution in [2.24, 2.45) is 0 Å². The monoisotopic (exact) mass is 255 g/mol. The van der Waals surface area contributed by atoms with Gasteiger partial charge in [-0.25, -0.2) is 9.97 Å². The Bertz CT molecular complexity index is 508. The molecule has 0 amide bonds. The molecule has 3 nitrogen and oxygen atoms in total. The molecule has 1 heterocycles. The van der Waals surface area contributed by atoms with Gasteiger partial charge in [-0.1, -0.05) is 44.2 Å². The Hall–Kier alpha value is -1.74. The quantitative estimate of drug-likeness (QED) is 0.892. The minimum absolute atomic E-state index is 0.288. The highest BCUT2D eigenvalue weighted by Crippen LogP contribution is 2.18. The first-order valence-electron chi connectivity index (χ1n) is 6.73. The number of nitrogens with zero attached hydrogens (tertiary/aromatic N) is 2. The molecule has 0 saturated carbocycles. The first-order chi connectivity index (χ1) is 9.20. The molecule has 1 aromatic carbocycles. The lowest BCUT2D eigenvalue weighted by molar-refractivity contribution is 0.582. The van der Waals surface area contributed by atoms with Gasteiger partial charge in [0.2, 0.25) is 0 Å². The summed E-state index contributed by atoms with van der Waals surface area (Å²) < 4.78 is 0. The first kappa shape index (κ1) is 13.7. The summed E-state index contributed by atoms with van der Waals surface area (Å²) in [6.45, 7) is 4.30. The zero-order chi connectivity index (χ0) is 13.7. The number of nitrogens with one attached hydrogen (secondary N) is 1.